The Hall–Kier alpha value is -1.39. The van der Waals surface area contributed by atoms with Crippen molar-refractivity contribution in [2.24, 2.45) is 11.7 Å². The van der Waals surface area contributed by atoms with Crippen LogP contribution < -0.4 is 11.1 Å². The average molecular weight is 248 g/mol. The fourth-order valence-electron chi connectivity index (χ4n) is 2.14. The molecule has 0 aromatic heterocycles. The number of rotatable bonds is 4. The third kappa shape index (κ3) is 2.89. The molecule has 2 rings (SSSR count). The number of hydrogen-bond acceptors (Lipinski definition) is 3. The van der Waals surface area contributed by atoms with Crippen LogP contribution in [-0.4, -0.2) is 25.1 Å². The minimum atomic E-state index is -0.151. The predicted molar refractivity (Wildman–Crippen MR) is 69.9 cm³/mol. The number of benzene rings is 1. The summed E-state index contributed by atoms with van der Waals surface area (Å²) in [7, 11) is 0. The van der Waals surface area contributed by atoms with Crippen LogP contribution >= 0.6 is 0 Å². The lowest BCUT2D eigenvalue weighted by molar-refractivity contribution is -0.125. The van der Waals surface area contributed by atoms with E-state index in [1.807, 2.05) is 37.3 Å². The summed E-state index contributed by atoms with van der Waals surface area (Å²) in [5, 5.41) is 3.03. The van der Waals surface area contributed by atoms with Gasteiger partial charge in [-0.25, -0.2) is 0 Å². The Morgan fingerprint density at radius 1 is 1.50 bits per heavy atom. The van der Waals surface area contributed by atoms with Crippen LogP contribution in [0.15, 0.2) is 30.3 Å². The van der Waals surface area contributed by atoms with Crippen molar-refractivity contribution in [2.75, 3.05) is 13.2 Å². The molecule has 4 nitrogen and oxygen atoms in total. The lowest BCUT2D eigenvalue weighted by atomic mass is 10.0. The summed E-state index contributed by atoms with van der Waals surface area (Å²) in [5.74, 6) is -0.143. The van der Waals surface area contributed by atoms with Crippen LogP contribution in [0.25, 0.3) is 0 Å². The summed E-state index contributed by atoms with van der Waals surface area (Å²) in [4.78, 5) is 11.9. The molecular formula is C14H20N2O2. The van der Waals surface area contributed by atoms with E-state index in [9.17, 15) is 4.79 Å². The molecule has 1 aliphatic rings. The molecule has 1 aromatic rings. The van der Waals surface area contributed by atoms with Gasteiger partial charge in [-0.3, -0.25) is 4.79 Å². The van der Waals surface area contributed by atoms with E-state index >= 15 is 0 Å². The third-order valence-corrected chi connectivity index (χ3v) is 3.35. The highest BCUT2D eigenvalue weighted by Crippen LogP contribution is 2.29. The van der Waals surface area contributed by atoms with Crippen LogP contribution in [-0.2, 0) is 9.53 Å². The first-order valence-electron chi connectivity index (χ1n) is 6.39. The molecule has 1 aromatic carbocycles. The third-order valence-electron chi connectivity index (χ3n) is 3.35. The van der Waals surface area contributed by atoms with Crippen LogP contribution in [0.3, 0.4) is 0 Å². The van der Waals surface area contributed by atoms with Crippen LogP contribution in [0.1, 0.15) is 25.0 Å². The van der Waals surface area contributed by atoms with Gasteiger partial charge in [-0.1, -0.05) is 37.3 Å². The molecule has 1 fully saturated rings. The van der Waals surface area contributed by atoms with Crippen molar-refractivity contribution in [1.29, 1.82) is 0 Å². The highest BCUT2D eigenvalue weighted by molar-refractivity contribution is 5.78. The Bertz CT molecular complexity index is 394. The topological polar surface area (TPSA) is 64.4 Å². The number of carbonyl (C=O) groups excluding carboxylic acids is 1. The van der Waals surface area contributed by atoms with Gasteiger partial charge in [0.2, 0.25) is 5.91 Å². The van der Waals surface area contributed by atoms with Crippen molar-refractivity contribution < 1.29 is 9.53 Å². The standard InChI is InChI=1S/C14H20N2O2/c1-10(9-15)14(17)16-12-7-8-18-13(12)11-5-3-2-4-6-11/h2-6,10,12-13H,7-9,15H2,1H3,(H,16,17). The number of nitrogens with one attached hydrogen (secondary N) is 1. The molecule has 3 atom stereocenters. The van der Waals surface area contributed by atoms with Gasteiger partial charge in [0.25, 0.3) is 0 Å². The summed E-state index contributed by atoms with van der Waals surface area (Å²) in [5.41, 5.74) is 6.61. The second kappa shape index (κ2) is 5.98. The zero-order valence-electron chi connectivity index (χ0n) is 10.6. The van der Waals surface area contributed by atoms with Gasteiger partial charge in [-0.15, -0.1) is 0 Å². The summed E-state index contributed by atoms with van der Waals surface area (Å²) >= 11 is 0. The fraction of sp³-hybridized carbons (Fsp3) is 0.500. The van der Waals surface area contributed by atoms with E-state index in [1.54, 1.807) is 0 Å². The van der Waals surface area contributed by atoms with Crippen molar-refractivity contribution in [3.8, 4) is 0 Å². The lowest BCUT2D eigenvalue weighted by Gasteiger charge is -2.21. The lowest BCUT2D eigenvalue weighted by Crippen LogP contribution is -2.41. The van der Waals surface area contributed by atoms with E-state index in [4.69, 9.17) is 10.5 Å². The van der Waals surface area contributed by atoms with Crippen molar-refractivity contribution in [3.05, 3.63) is 35.9 Å². The average Bonchev–Trinajstić information content (AvgIpc) is 2.86. The monoisotopic (exact) mass is 248 g/mol. The number of carbonyl (C=O) groups is 1. The summed E-state index contributed by atoms with van der Waals surface area (Å²) in [6.45, 7) is 2.89. The van der Waals surface area contributed by atoms with Crippen LogP contribution in [0.2, 0.25) is 0 Å². The van der Waals surface area contributed by atoms with E-state index in [-0.39, 0.29) is 24.0 Å². The molecule has 0 saturated carbocycles. The molecule has 1 saturated heterocycles. The smallest absolute Gasteiger partial charge is 0.224 e. The Balaban J connectivity index is 2.02. The number of amides is 1. The molecule has 0 radical (unpaired) electrons. The molecule has 0 aliphatic carbocycles. The molecule has 98 valence electrons. The van der Waals surface area contributed by atoms with Gasteiger partial charge in [0, 0.05) is 19.1 Å². The Morgan fingerprint density at radius 3 is 2.89 bits per heavy atom. The van der Waals surface area contributed by atoms with Crippen molar-refractivity contribution >= 4 is 5.91 Å². The fourth-order valence-corrected chi connectivity index (χ4v) is 2.14. The van der Waals surface area contributed by atoms with Gasteiger partial charge in [0.15, 0.2) is 0 Å². The molecule has 0 bridgehead atoms. The van der Waals surface area contributed by atoms with E-state index in [2.05, 4.69) is 5.32 Å². The van der Waals surface area contributed by atoms with Crippen molar-refractivity contribution in [1.82, 2.24) is 5.32 Å². The molecule has 1 aliphatic heterocycles. The number of hydrogen-bond donors (Lipinski definition) is 2. The van der Waals surface area contributed by atoms with Gasteiger partial charge in [0.05, 0.1) is 6.04 Å². The highest BCUT2D eigenvalue weighted by atomic mass is 16.5. The molecule has 1 amide bonds. The maximum Gasteiger partial charge on any atom is 0.224 e. The molecular weight excluding hydrogens is 228 g/mol. The van der Waals surface area contributed by atoms with Gasteiger partial charge >= 0.3 is 0 Å². The first-order valence-corrected chi connectivity index (χ1v) is 6.39. The molecule has 3 unspecified atom stereocenters. The van der Waals surface area contributed by atoms with Crippen molar-refractivity contribution in [2.45, 2.75) is 25.5 Å². The molecule has 1 heterocycles. The largest absolute Gasteiger partial charge is 0.371 e. The maximum absolute atomic E-state index is 11.9. The second-order valence-electron chi connectivity index (χ2n) is 4.74. The van der Waals surface area contributed by atoms with E-state index < -0.39 is 0 Å². The highest BCUT2D eigenvalue weighted by Gasteiger charge is 2.31. The summed E-state index contributed by atoms with van der Waals surface area (Å²) < 4.78 is 5.72. The summed E-state index contributed by atoms with van der Waals surface area (Å²) in [6.07, 6.45) is 0.808. The van der Waals surface area contributed by atoms with Crippen LogP contribution in [0.4, 0.5) is 0 Å². The maximum atomic E-state index is 11.9. The minimum Gasteiger partial charge on any atom is -0.371 e. The Labute approximate surface area is 108 Å². The zero-order valence-corrected chi connectivity index (χ0v) is 10.6. The zero-order chi connectivity index (χ0) is 13.0. The molecule has 4 heteroatoms. The van der Waals surface area contributed by atoms with Gasteiger partial charge in [0.1, 0.15) is 6.10 Å². The predicted octanol–water partition coefficient (Wildman–Crippen LogP) is 1.23. The Morgan fingerprint density at radius 2 is 2.22 bits per heavy atom. The van der Waals surface area contributed by atoms with E-state index in [1.165, 1.54) is 0 Å². The van der Waals surface area contributed by atoms with Gasteiger partial charge in [-0.05, 0) is 12.0 Å². The normalized spacial score (nSPS) is 24.8. The van der Waals surface area contributed by atoms with Crippen LogP contribution in [0, 0.1) is 5.92 Å². The molecule has 0 spiro atoms. The quantitative estimate of drug-likeness (QED) is 0.842. The number of nitrogens with two attached hydrogens (primary N) is 1. The first-order chi connectivity index (χ1) is 8.72. The van der Waals surface area contributed by atoms with Crippen LogP contribution in [0.5, 0.6) is 0 Å². The molecule has 18 heavy (non-hydrogen) atoms. The van der Waals surface area contributed by atoms with E-state index in [0.29, 0.717) is 13.2 Å². The molecule has 3 N–H and O–H groups in total. The Kier molecular flexibility index (Phi) is 4.33. The van der Waals surface area contributed by atoms with Gasteiger partial charge in [-0.2, -0.15) is 0 Å². The first kappa shape index (κ1) is 13.1. The minimum absolute atomic E-state index is 0.00827. The summed E-state index contributed by atoms with van der Waals surface area (Å²) in [6, 6.07) is 10.1. The van der Waals surface area contributed by atoms with Crippen molar-refractivity contribution in [3.63, 3.8) is 0 Å². The van der Waals surface area contributed by atoms with E-state index in [0.717, 1.165) is 12.0 Å². The second-order valence-corrected chi connectivity index (χ2v) is 4.74. The SMILES string of the molecule is CC(CN)C(=O)NC1CCOC1c1ccccc1. The van der Waals surface area contributed by atoms with Gasteiger partial charge < -0.3 is 15.8 Å². The number of ether oxygens (including phenoxy) is 1.